The van der Waals surface area contributed by atoms with Gasteiger partial charge in [-0.3, -0.25) is 0 Å². The van der Waals surface area contributed by atoms with Gasteiger partial charge in [-0.25, -0.2) is 0 Å². The van der Waals surface area contributed by atoms with Gasteiger partial charge in [0.1, 0.15) is 5.75 Å². The van der Waals surface area contributed by atoms with Crippen molar-refractivity contribution in [1.29, 1.82) is 0 Å². The minimum atomic E-state index is -0.0636. The summed E-state index contributed by atoms with van der Waals surface area (Å²) in [5, 5.41) is 9.96. The predicted molar refractivity (Wildman–Crippen MR) is 82.8 cm³/mol. The van der Waals surface area contributed by atoms with E-state index in [-0.39, 0.29) is 6.61 Å². The summed E-state index contributed by atoms with van der Waals surface area (Å²) in [6.45, 7) is 0.560. The molecule has 0 amide bonds. The van der Waals surface area contributed by atoms with E-state index in [0.717, 1.165) is 11.3 Å². The third-order valence-electron chi connectivity index (χ3n) is 3.43. The second-order valence-corrected chi connectivity index (χ2v) is 6.27. The lowest BCUT2D eigenvalue weighted by molar-refractivity contribution is 0.257. The van der Waals surface area contributed by atoms with E-state index in [4.69, 9.17) is 16.3 Å². The van der Waals surface area contributed by atoms with E-state index < -0.39 is 0 Å². The van der Waals surface area contributed by atoms with E-state index in [1.165, 1.54) is 10.5 Å². The van der Waals surface area contributed by atoms with Gasteiger partial charge in [0.05, 0.1) is 13.2 Å². The van der Waals surface area contributed by atoms with Gasteiger partial charge in [0, 0.05) is 27.2 Å². The van der Waals surface area contributed by atoms with Gasteiger partial charge in [0.25, 0.3) is 0 Å². The Balaban J connectivity index is 1.72. The summed E-state index contributed by atoms with van der Waals surface area (Å²) >= 11 is 7.79. The summed E-state index contributed by atoms with van der Waals surface area (Å²) in [4.78, 5) is 1.35. The van der Waals surface area contributed by atoms with E-state index in [1.54, 1.807) is 12.1 Å². The highest BCUT2D eigenvalue weighted by Crippen LogP contribution is 2.39. The molecular formula is C16H15ClO2S. The number of thioether (sulfide) groups is 1. The molecule has 0 bridgehead atoms. The number of rotatable bonds is 4. The van der Waals surface area contributed by atoms with Crippen LogP contribution >= 0.6 is 23.4 Å². The van der Waals surface area contributed by atoms with Gasteiger partial charge >= 0.3 is 0 Å². The molecule has 0 fully saturated rings. The molecule has 1 heterocycles. The summed E-state index contributed by atoms with van der Waals surface area (Å²) in [5.41, 5.74) is 2.09. The first-order valence-electron chi connectivity index (χ1n) is 6.51. The van der Waals surface area contributed by atoms with Gasteiger partial charge in [-0.05, 0) is 29.8 Å². The van der Waals surface area contributed by atoms with E-state index in [2.05, 4.69) is 24.3 Å². The Morgan fingerprint density at radius 2 is 2.10 bits per heavy atom. The maximum atomic E-state index is 9.35. The molecule has 1 unspecified atom stereocenters. The Morgan fingerprint density at radius 3 is 2.95 bits per heavy atom. The van der Waals surface area contributed by atoms with Gasteiger partial charge < -0.3 is 9.84 Å². The number of halogens is 1. The molecule has 2 nitrogen and oxygen atoms in total. The largest absolute Gasteiger partial charge is 0.493 e. The van der Waals surface area contributed by atoms with Gasteiger partial charge in [-0.2, -0.15) is 0 Å². The van der Waals surface area contributed by atoms with Crippen molar-refractivity contribution in [3.63, 3.8) is 0 Å². The van der Waals surface area contributed by atoms with Crippen LogP contribution in [0.5, 0.6) is 5.75 Å². The number of ether oxygens (including phenoxy) is 1. The van der Waals surface area contributed by atoms with Crippen LogP contribution in [0.25, 0.3) is 0 Å². The summed E-state index contributed by atoms with van der Waals surface area (Å²) in [6.07, 6.45) is 0. The second-order valence-electron chi connectivity index (χ2n) is 4.77. The van der Waals surface area contributed by atoms with E-state index in [1.807, 2.05) is 17.8 Å². The normalized spacial score (nSPS) is 17.0. The highest BCUT2D eigenvalue weighted by atomic mass is 35.5. The molecule has 1 atom stereocenters. The van der Waals surface area contributed by atoms with E-state index >= 15 is 0 Å². The molecule has 2 aromatic rings. The minimum absolute atomic E-state index is 0.0636. The average molecular weight is 307 g/mol. The number of aliphatic hydroxyl groups is 1. The lowest BCUT2D eigenvalue weighted by Crippen LogP contribution is -2.10. The van der Waals surface area contributed by atoms with Crippen molar-refractivity contribution >= 4 is 23.4 Å². The van der Waals surface area contributed by atoms with Crippen molar-refractivity contribution in [2.45, 2.75) is 17.4 Å². The summed E-state index contributed by atoms with van der Waals surface area (Å²) in [5.74, 6) is 2.16. The molecule has 0 spiro atoms. The van der Waals surface area contributed by atoms with Crippen molar-refractivity contribution in [3.8, 4) is 5.75 Å². The third kappa shape index (κ3) is 2.80. The number of aliphatic hydroxyl groups excluding tert-OH is 1. The SMILES string of the molecule is OCc1cc(Cl)ccc1OCC1CSc2ccccc21. The number of benzene rings is 2. The maximum Gasteiger partial charge on any atom is 0.124 e. The fraction of sp³-hybridized carbons (Fsp3) is 0.250. The lowest BCUT2D eigenvalue weighted by atomic mass is 10.0. The Labute approximate surface area is 127 Å². The first kappa shape index (κ1) is 13.8. The molecule has 0 radical (unpaired) electrons. The van der Waals surface area contributed by atoms with Gasteiger partial charge in [-0.15, -0.1) is 11.8 Å². The second kappa shape index (κ2) is 6.08. The zero-order valence-corrected chi connectivity index (χ0v) is 12.5. The van der Waals surface area contributed by atoms with Crippen molar-refractivity contribution in [3.05, 3.63) is 58.6 Å². The highest BCUT2D eigenvalue weighted by molar-refractivity contribution is 7.99. The van der Waals surface area contributed by atoms with Crippen LogP contribution in [0.15, 0.2) is 47.4 Å². The van der Waals surface area contributed by atoms with Crippen molar-refractivity contribution < 1.29 is 9.84 Å². The van der Waals surface area contributed by atoms with Crippen LogP contribution in [0.1, 0.15) is 17.0 Å². The molecule has 20 heavy (non-hydrogen) atoms. The Kier molecular flexibility index (Phi) is 4.20. The summed E-state index contributed by atoms with van der Waals surface area (Å²) in [7, 11) is 0. The topological polar surface area (TPSA) is 29.5 Å². The first-order chi connectivity index (χ1) is 9.78. The molecule has 1 aliphatic heterocycles. The van der Waals surface area contributed by atoms with Crippen LogP contribution < -0.4 is 4.74 Å². The average Bonchev–Trinajstić information content (AvgIpc) is 2.89. The van der Waals surface area contributed by atoms with Crippen LogP contribution in [0.2, 0.25) is 5.02 Å². The zero-order valence-electron chi connectivity index (χ0n) is 10.9. The molecular weight excluding hydrogens is 292 g/mol. The molecule has 1 aliphatic rings. The molecule has 0 aliphatic carbocycles. The Hall–Kier alpha value is -1.16. The fourth-order valence-electron chi connectivity index (χ4n) is 2.37. The highest BCUT2D eigenvalue weighted by Gasteiger charge is 2.23. The fourth-order valence-corrected chi connectivity index (χ4v) is 3.80. The van der Waals surface area contributed by atoms with Crippen molar-refractivity contribution in [2.24, 2.45) is 0 Å². The molecule has 104 valence electrons. The number of fused-ring (bicyclic) bond motifs is 1. The predicted octanol–water partition coefficient (Wildman–Crippen LogP) is 4.10. The molecule has 0 saturated carbocycles. The van der Waals surface area contributed by atoms with E-state index in [9.17, 15) is 5.11 Å². The molecule has 4 heteroatoms. The summed E-state index contributed by atoms with van der Waals surface area (Å²) < 4.78 is 5.89. The van der Waals surface area contributed by atoms with Gasteiger partial charge in [-0.1, -0.05) is 29.8 Å². The van der Waals surface area contributed by atoms with Crippen LogP contribution in [0.3, 0.4) is 0 Å². The first-order valence-corrected chi connectivity index (χ1v) is 7.88. The summed E-state index contributed by atoms with van der Waals surface area (Å²) in [6, 6.07) is 13.8. The maximum absolute atomic E-state index is 9.35. The standard InChI is InChI=1S/C16H15ClO2S/c17-13-5-6-15(11(7-13)8-18)19-9-12-10-20-16-4-2-1-3-14(12)16/h1-7,12,18H,8-10H2. The molecule has 0 saturated heterocycles. The molecule has 0 aromatic heterocycles. The van der Waals surface area contributed by atoms with Gasteiger partial charge in [0.2, 0.25) is 0 Å². The smallest absolute Gasteiger partial charge is 0.124 e. The molecule has 1 N–H and O–H groups in total. The van der Waals surface area contributed by atoms with E-state index in [0.29, 0.717) is 23.3 Å². The zero-order chi connectivity index (χ0) is 13.9. The van der Waals surface area contributed by atoms with Crippen LogP contribution in [-0.2, 0) is 6.61 Å². The van der Waals surface area contributed by atoms with Gasteiger partial charge in [0.15, 0.2) is 0 Å². The monoisotopic (exact) mass is 306 g/mol. The number of hydrogen-bond donors (Lipinski definition) is 1. The Morgan fingerprint density at radius 1 is 1.25 bits per heavy atom. The third-order valence-corrected chi connectivity index (χ3v) is 4.92. The Bertz CT molecular complexity index is 615. The van der Waals surface area contributed by atoms with Crippen molar-refractivity contribution in [1.82, 2.24) is 0 Å². The minimum Gasteiger partial charge on any atom is -0.493 e. The number of hydrogen-bond acceptors (Lipinski definition) is 3. The van der Waals surface area contributed by atoms with Crippen LogP contribution in [0.4, 0.5) is 0 Å². The lowest BCUT2D eigenvalue weighted by Gasteiger charge is -2.15. The molecule has 2 aromatic carbocycles. The van der Waals surface area contributed by atoms with Crippen molar-refractivity contribution in [2.75, 3.05) is 12.4 Å². The van der Waals surface area contributed by atoms with Crippen LogP contribution in [0, 0.1) is 0 Å². The van der Waals surface area contributed by atoms with Crippen LogP contribution in [-0.4, -0.2) is 17.5 Å². The quantitative estimate of drug-likeness (QED) is 0.922. The molecule has 3 rings (SSSR count).